The van der Waals surface area contributed by atoms with Crippen molar-refractivity contribution in [2.75, 3.05) is 43.9 Å². The SMILES string of the molecule is COc1ccccc1-c1noc(C)c1C(=O)N1CCN(c2nc(N)c(Cl)cc2Cl)CC1. The van der Waals surface area contributed by atoms with Crippen molar-refractivity contribution in [2.24, 2.45) is 0 Å². The van der Waals surface area contributed by atoms with Gasteiger partial charge in [-0.3, -0.25) is 4.79 Å². The van der Waals surface area contributed by atoms with Crippen molar-refractivity contribution in [2.45, 2.75) is 6.92 Å². The number of methoxy groups -OCH3 is 1. The predicted octanol–water partition coefficient (Wildman–Crippen LogP) is 3.91. The van der Waals surface area contributed by atoms with Gasteiger partial charge in [-0.05, 0) is 25.1 Å². The lowest BCUT2D eigenvalue weighted by Crippen LogP contribution is -2.49. The van der Waals surface area contributed by atoms with Crippen molar-refractivity contribution in [1.82, 2.24) is 15.0 Å². The second kappa shape index (κ2) is 8.64. The Balaban J connectivity index is 1.55. The summed E-state index contributed by atoms with van der Waals surface area (Å²) in [5.41, 5.74) is 7.44. The molecule has 3 aromatic rings. The largest absolute Gasteiger partial charge is 0.496 e. The van der Waals surface area contributed by atoms with Gasteiger partial charge in [0.2, 0.25) is 0 Å². The first kappa shape index (κ1) is 21.3. The number of anilines is 2. The quantitative estimate of drug-likeness (QED) is 0.628. The molecule has 1 aromatic carbocycles. The summed E-state index contributed by atoms with van der Waals surface area (Å²) >= 11 is 12.3. The molecule has 0 radical (unpaired) electrons. The highest BCUT2D eigenvalue weighted by Crippen LogP contribution is 2.34. The number of ether oxygens (including phenoxy) is 1. The highest BCUT2D eigenvalue weighted by molar-refractivity contribution is 6.37. The molecule has 0 saturated carbocycles. The van der Waals surface area contributed by atoms with E-state index in [2.05, 4.69) is 10.1 Å². The van der Waals surface area contributed by atoms with Crippen molar-refractivity contribution in [3.05, 3.63) is 51.7 Å². The molecule has 8 nitrogen and oxygen atoms in total. The number of aromatic nitrogens is 2. The number of aryl methyl sites for hydroxylation is 1. The standard InChI is InChI=1S/C21H21Cl2N5O3/c1-12-17(18(26-31-12)13-5-3-4-6-16(13)30-2)21(29)28-9-7-27(8-10-28)20-15(23)11-14(22)19(24)25-20/h3-6,11H,7-10H2,1-2H3,(H2,24,25). The fraction of sp³-hybridized carbons (Fsp3) is 0.286. The third-order valence-corrected chi connectivity index (χ3v) is 5.82. The molecule has 1 saturated heterocycles. The summed E-state index contributed by atoms with van der Waals surface area (Å²) in [7, 11) is 1.58. The molecule has 1 aliphatic heterocycles. The van der Waals surface area contributed by atoms with E-state index in [9.17, 15) is 4.79 Å². The Morgan fingerprint density at radius 1 is 1.16 bits per heavy atom. The van der Waals surface area contributed by atoms with Crippen LogP contribution in [0.4, 0.5) is 11.6 Å². The molecule has 0 bridgehead atoms. The van der Waals surface area contributed by atoms with Crippen LogP contribution in [0.5, 0.6) is 5.75 Å². The van der Waals surface area contributed by atoms with Gasteiger partial charge in [0.25, 0.3) is 5.91 Å². The number of benzene rings is 1. The maximum absolute atomic E-state index is 13.4. The maximum atomic E-state index is 13.4. The number of nitrogens with two attached hydrogens (primary N) is 1. The Hall–Kier alpha value is -2.97. The van der Waals surface area contributed by atoms with Crippen molar-refractivity contribution < 1.29 is 14.1 Å². The zero-order valence-corrected chi connectivity index (χ0v) is 18.6. The number of nitrogens with zero attached hydrogens (tertiary/aromatic N) is 4. The predicted molar refractivity (Wildman–Crippen MR) is 120 cm³/mol. The van der Waals surface area contributed by atoms with E-state index in [-0.39, 0.29) is 11.7 Å². The van der Waals surface area contributed by atoms with Gasteiger partial charge in [0, 0.05) is 31.7 Å². The topological polar surface area (TPSA) is 97.7 Å². The van der Waals surface area contributed by atoms with Crippen LogP contribution in [0.3, 0.4) is 0 Å². The molecular formula is C21H21Cl2N5O3. The molecule has 1 fully saturated rings. The van der Waals surface area contributed by atoms with E-state index in [1.165, 1.54) is 0 Å². The normalized spacial score (nSPS) is 14.1. The Labute approximate surface area is 189 Å². The van der Waals surface area contributed by atoms with Gasteiger partial charge in [-0.1, -0.05) is 40.5 Å². The smallest absolute Gasteiger partial charge is 0.259 e. The third kappa shape index (κ3) is 4.00. The zero-order chi connectivity index (χ0) is 22.1. The number of piperazine rings is 1. The summed E-state index contributed by atoms with van der Waals surface area (Å²) in [5.74, 6) is 1.72. The van der Waals surface area contributed by atoms with Crippen molar-refractivity contribution in [3.63, 3.8) is 0 Å². The number of halogens is 2. The number of nitrogen functional groups attached to an aromatic ring is 1. The summed E-state index contributed by atoms with van der Waals surface area (Å²) in [6.45, 7) is 3.79. The number of amides is 1. The maximum Gasteiger partial charge on any atom is 0.259 e. The minimum Gasteiger partial charge on any atom is -0.496 e. The van der Waals surface area contributed by atoms with Gasteiger partial charge >= 0.3 is 0 Å². The lowest BCUT2D eigenvalue weighted by atomic mass is 10.0. The second-order valence-corrected chi connectivity index (χ2v) is 7.92. The van der Waals surface area contributed by atoms with Crippen LogP contribution >= 0.6 is 23.2 Å². The number of para-hydroxylation sites is 1. The summed E-state index contributed by atoms with van der Waals surface area (Å²) in [4.78, 5) is 21.4. The molecule has 0 aliphatic carbocycles. The van der Waals surface area contributed by atoms with Crippen molar-refractivity contribution in [1.29, 1.82) is 0 Å². The van der Waals surface area contributed by atoms with E-state index in [1.54, 1.807) is 25.0 Å². The molecule has 4 rings (SSSR count). The van der Waals surface area contributed by atoms with Gasteiger partial charge in [0.05, 0.1) is 17.2 Å². The Kier molecular flexibility index (Phi) is 5.93. The fourth-order valence-electron chi connectivity index (χ4n) is 3.62. The van der Waals surface area contributed by atoms with Crippen LogP contribution in [0, 0.1) is 6.92 Å². The third-order valence-electron chi connectivity index (χ3n) is 5.24. The monoisotopic (exact) mass is 461 g/mol. The fourth-order valence-corrected chi connectivity index (χ4v) is 4.10. The number of carbonyl (C=O) groups is 1. The zero-order valence-electron chi connectivity index (χ0n) is 17.1. The van der Waals surface area contributed by atoms with Gasteiger partial charge in [-0.25, -0.2) is 4.98 Å². The van der Waals surface area contributed by atoms with E-state index in [1.807, 2.05) is 29.2 Å². The van der Waals surface area contributed by atoms with Gasteiger partial charge in [0.15, 0.2) is 0 Å². The van der Waals surface area contributed by atoms with E-state index in [0.29, 0.717) is 70.4 Å². The highest BCUT2D eigenvalue weighted by atomic mass is 35.5. The lowest BCUT2D eigenvalue weighted by Gasteiger charge is -2.35. The number of hydrogen-bond donors (Lipinski definition) is 1. The number of rotatable bonds is 4. The highest BCUT2D eigenvalue weighted by Gasteiger charge is 2.30. The molecule has 1 aliphatic rings. The van der Waals surface area contributed by atoms with E-state index in [0.717, 1.165) is 0 Å². The minimum atomic E-state index is -0.144. The van der Waals surface area contributed by atoms with Crippen molar-refractivity contribution in [3.8, 4) is 17.0 Å². The van der Waals surface area contributed by atoms with Crippen LogP contribution in [0.15, 0.2) is 34.9 Å². The van der Waals surface area contributed by atoms with E-state index in [4.69, 9.17) is 38.2 Å². The van der Waals surface area contributed by atoms with E-state index >= 15 is 0 Å². The molecule has 10 heteroatoms. The van der Waals surface area contributed by atoms with Gasteiger partial charge in [-0.15, -0.1) is 0 Å². The molecule has 2 aromatic heterocycles. The van der Waals surface area contributed by atoms with E-state index < -0.39 is 0 Å². The van der Waals surface area contributed by atoms with Crippen LogP contribution in [-0.4, -0.2) is 54.2 Å². The average Bonchev–Trinajstić information content (AvgIpc) is 3.17. The van der Waals surface area contributed by atoms with Gasteiger partial charge in [-0.2, -0.15) is 0 Å². The van der Waals surface area contributed by atoms with Crippen LogP contribution in [-0.2, 0) is 0 Å². The van der Waals surface area contributed by atoms with Crippen LogP contribution in [0.2, 0.25) is 10.0 Å². The molecule has 31 heavy (non-hydrogen) atoms. The van der Waals surface area contributed by atoms with Crippen molar-refractivity contribution >= 4 is 40.7 Å². The number of carbonyl (C=O) groups excluding carboxylic acids is 1. The van der Waals surface area contributed by atoms with Crippen LogP contribution in [0.1, 0.15) is 16.1 Å². The van der Waals surface area contributed by atoms with Crippen LogP contribution < -0.4 is 15.4 Å². The molecule has 162 valence electrons. The lowest BCUT2D eigenvalue weighted by molar-refractivity contribution is 0.0745. The molecule has 0 spiro atoms. The Morgan fingerprint density at radius 2 is 1.87 bits per heavy atom. The first-order chi connectivity index (χ1) is 14.9. The second-order valence-electron chi connectivity index (χ2n) is 7.10. The van der Waals surface area contributed by atoms with Gasteiger partial charge in [0.1, 0.15) is 34.4 Å². The summed E-state index contributed by atoms with van der Waals surface area (Å²) in [5, 5.41) is 4.87. The molecule has 0 atom stereocenters. The van der Waals surface area contributed by atoms with Gasteiger partial charge < -0.3 is 24.8 Å². The first-order valence-electron chi connectivity index (χ1n) is 9.66. The molecular weight excluding hydrogens is 441 g/mol. The summed E-state index contributed by atoms with van der Waals surface area (Å²) in [6.07, 6.45) is 0. The molecule has 3 heterocycles. The number of hydrogen-bond acceptors (Lipinski definition) is 7. The molecule has 0 unspecified atom stereocenters. The van der Waals surface area contributed by atoms with Crippen LogP contribution in [0.25, 0.3) is 11.3 Å². The summed E-state index contributed by atoms with van der Waals surface area (Å²) in [6, 6.07) is 8.98. The molecule has 2 N–H and O–H groups in total. The number of pyridine rings is 1. The Morgan fingerprint density at radius 3 is 2.58 bits per heavy atom. The average molecular weight is 462 g/mol. The first-order valence-corrected chi connectivity index (χ1v) is 10.4. The minimum absolute atomic E-state index is 0.144. The molecule has 1 amide bonds. The summed E-state index contributed by atoms with van der Waals surface area (Å²) < 4.78 is 10.8. The Bertz CT molecular complexity index is 1130.